The lowest BCUT2D eigenvalue weighted by molar-refractivity contribution is -0.122. The highest BCUT2D eigenvalue weighted by molar-refractivity contribution is 6.52. The van der Waals surface area contributed by atoms with Crippen LogP contribution in [0.15, 0.2) is 85.8 Å². The molecule has 28 heavy (non-hydrogen) atoms. The zero-order chi connectivity index (χ0) is 19.6. The van der Waals surface area contributed by atoms with Crippen molar-refractivity contribution in [2.24, 2.45) is 0 Å². The third-order valence-corrected chi connectivity index (χ3v) is 5.56. The van der Waals surface area contributed by atoms with Crippen molar-refractivity contribution < 1.29 is 4.79 Å². The minimum Gasteiger partial charge on any atom is -0.363 e. The van der Waals surface area contributed by atoms with Crippen molar-refractivity contribution in [1.29, 1.82) is 0 Å². The van der Waals surface area contributed by atoms with Crippen LogP contribution in [0.4, 0.5) is 0 Å². The van der Waals surface area contributed by atoms with Gasteiger partial charge in [0.1, 0.15) is 0 Å². The van der Waals surface area contributed by atoms with Crippen LogP contribution in [0.3, 0.4) is 0 Å². The van der Waals surface area contributed by atoms with Crippen LogP contribution in [0.25, 0.3) is 11.1 Å². The molecule has 2 N–H and O–H groups in total. The maximum Gasteiger partial charge on any atom is 0.223 e. The predicted molar refractivity (Wildman–Crippen MR) is 111 cm³/mol. The number of nitrogens with zero attached hydrogens (tertiary/aromatic N) is 2. The molecule has 0 spiro atoms. The van der Waals surface area contributed by atoms with E-state index in [0.29, 0.717) is 11.1 Å². The summed E-state index contributed by atoms with van der Waals surface area (Å²) >= 11 is 13.8. The molecule has 140 valence electrons. The number of aromatic nitrogens is 2. The molecule has 0 saturated heterocycles. The molecule has 4 heterocycles. The van der Waals surface area contributed by atoms with E-state index in [2.05, 4.69) is 20.6 Å². The highest BCUT2D eigenvalue weighted by atomic mass is 35.5. The first-order valence-corrected chi connectivity index (χ1v) is 9.35. The summed E-state index contributed by atoms with van der Waals surface area (Å²) in [5.74, 6) is -0.456. The molecule has 5 nitrogen and oxygen atoms in total. The normalized spacial score (nSPS) is 25.9. The molecule has 4 rings (SSSR count). The molecule has 0 aromatic carbocycles. The highest BCUT2D eigenvalue weighted by Crippen LogP contribution is 2.43. The van der Waals surface area contributed by atoms with Crippen molar-refractivity contribution in [3.63, 3.8) is 0 Å². The van der Waals surface area contributed by atoms with Crippen molar-refractivity contribution >= 4 is 40.1 Å². The maximum absolute atomic E-state index is 13.8. The third-order valence-electron chi connectivity index (χ3n) is 4.60. The molecule has 0 amide bonds. The number of ketones is 1. The smallest absolute Gasteiger partial charge is 0.223 e. The van der Waals surface area contributed by atoms with Gasteiger partial charge in [0.2, 0.25) is 15.8 Å². The lowest BCUT2D eigenvalue weighted by Crippen LogP contribution is -2.60. The fraction of sp³-hybridized carbons (Fsp3) is 0.0952. The number of pyridine rings is 2. The summed E-state index contributed by atoms with van der Waals surface area (Å²) in [5.41, 5.74) is 2.58. The zero-order valence-electron chi connectivity index (χ0n) is 14.6. The van der Waals surface area contributed by atoms with E-state index in [9.17, 15) is 4.79 Å². The molecule has 2 aliphatic rings. The van der Waals surface area contributed by atoms with E-state index in [-0.39, 0.29) is 0 Å². The van der Waals surface area contributed by atoms with Crippen LogP contribution in [0.5, 0.6) is 0 Å². The molecule has 0 aliphatic carbocycles. The molecule has 2 aromatic rings. The lowest BCUT2D eigenvalue weighted by Gasteiger charge is -2.39. The number of Topliss-reactive ketones (excluding diaryl/α,β-unsaturated/α-hetero) is 1. The molecule has 2 aromatic heterocycles. The van der Waals surface area contributed by atoms with Crippen LogP contribution in [0.1, 0.15) is 11.1 Å². The van der Waals surface area contributed by atoms with Gasteiger partial charge in [0, 0.05) is 47.1 Å². The summed E-state index contributed by atoms with van der Waals surface area (Å²) < 4.78 is 0. The van der Waals surface area contributed by atoms with Crippen LogP contribution >= 0.6 is 23.2 Å². The lowest BCUT2D eigenvalue weighted by atomic mass is 9.85. The molecule has 0 saturated carbocycles. The number of nitrogens with one attached hydrogen (secondary N) is 2. The minimum atomic E-state index is -1.58. The van der Waals surface area contributed by atoms with E-state index < -0.39 is 15.8 Å². The number of allylic oxidation sites excluding steroid dienone is 4. The average molecular weight is 411 g/mol. The van der Waals surface area contributed by atoms with Crippen molar-refractivity contribution in [2.75, 3.05) is 0 Å². The Hall–Kier alpha value is -2.89. The van der Waals surface area contributed by atoms with E-state index in [1.165, 1.54) is 0 Å². The molecular weight excluding hydrogens is 395 g/mol. The molecule has 0 fully saturated rings. The summed E-state index contributed by atoms with van der Waals surface area (Å²) in [6, 6.07) is 7.26. The van der Waals surface area contributed by atoms with E-state index in [1.54, 1.807) is 73.6 Å². The highest BCUT2D eigenvalue weighted by Gasteiger charge is 2.53. The molecule has 7 heteroatoms. The number of rotatable bonds is 4. The Kier molecular flexibility index (Phi) is 4.79. The van der Waals surface area contributed by atoms with Crippen molar-refractivity contribution in [1.82, 2.24) is 20.6 Å². The first-order chi connectivity index (χ1) is 13.6. The Bertz CT molecular complexity index is 936. The molecule has 2 aliphatic heterocycles. The largest absolute Gasteiger partial charge is 0.363 e. The SMILES string of the molecule is O=C(C1(Cl)NC=CC=C1c1cccnc1)C1(Cl)NC=CC=C1c1cccnc1. The van der Waals surface area contributed by atoms with E-state index in [4.69, 9.17) is 23.2 Å². The summed E-state index contributed by atoms with van der Waals surface area (Å²) in [6.07, 6.45) is 17.0. The predicted octanol–water partition coefficient (Wildman–Crippen LogP) is 3.62. The first kappa shape index (κ1) is 18.5. The van der Waals surface area contributed by atoms with E-state index in [0.717, 1.165) is 11.1 Å². The Morgan fingerprint density at radius 1 is 0.821 bits per heavy atom. The number of hydrogen-bond donors (Lipinski definition) is 2. The topological polar surface area (TPSA) is 66.9 Å². The number of dihydropyridines is 2. The van der Waals surface area contributed by atoms with Crippen LogP contribution in [-0.4, -0.2) is 25.7 Å². The van der Waals surface area contributed by atoms with Crippen LogP contribution in [-0.2, 0) is 4.79 Å². The van der Waals surface area contributed by atoms with Gasteiger partial charge >= 0.3 is 0 Å². The van der Waals surface area contributed by atoms with Gasteiger partial charge in [0.25, 0.3) is 0 Å². The molecule has 0 bridgehead atoms. The zero-order valence-corrected chi connectivity index (χ0v) is 16.2. The van der Waals surface area contributed by atoms with E-state index >= 15 is 0 Å². The van der Waals surface area contributed by atoms with Crippen LogP contribution in [0.2, 0.25) is 0 Å². The number of alkyl halides is 2. The second kappa shape index (κ2) is 7.26. The fourth-order valence-corrected chi connectivity index (χ4v) is 4.05. The number of hydrogen-bond acceptors (Lipinski definition) is 5. The van der Waals surface area contributed by atoms with Gasteiger partial charge in [-0.1, -0.05) is 47.5 Å². The second-order valence-corrected chi connectivity index (χ2v) is 7.43. The van der Waals surface area contributed by atoms with Gasteiger partial charge in [0.15, 0.2) is 0 Å². The monoisotopic (exact) mass is 410 g/mol. The van der Waals surface area contributed by atoms with Gasteiger partial charge in [0.05, 0.1) is 0 Å². The number of halogens is 2. The summed E-state index contributed by atoms with van der Waals surface area (Å²) in [5, 5.41) is 5.97. The fourth-order valence-electron chi connectivity index (χ4n) is 3.25. The van der Waals surface area contributed by atoms with Gasteiger partial charge in [-0.15, -0.1) is 0 Å². The quantitative estimate of drug-likeness (QED) is 0.595. The Labute approximate surface area is 172 Å². The average Bonchev–Trinajstić information content (AvgIpc) is 2.75. The third kappa shape index (κ3) is 3.03. The summed E-state index contributed by atoms with van der Waals surface area (Å²) in [6.45, 7) is 0. The van der Waals surface area contributed by atoms with Crippen molar-refractivity contribution in [3.8, 4) is 0 Å². The van der Waals surface area contributed by atoms with Crippen molar-refractivity contribution in [3.05, 3.63) is 96.9 Å². The Morgan fingerprint density at radius 3 is 1.68 bits per heavy atom. The van der Waals surface area contributed by atoms with Gasteiger partial charge in [-0.05, 0) is 36.7 Å². The van der Waals surface area contributed by atoms with Crippen LogP contribution in [0, 0.1) is 0 Å². The van der Waals surface area contributed by atoms with Gasteiger partial charge in [-0.25, -0.2) is 0 Å². The second-order valence-electron chi connectivity index (χ2n) is 6.30. The first-order valence-electron chi connectivity index (χ1n) is 8.59. The molecule has 2 atom stereocenters. The Morgan fingerprint density at radius 2 is 1.29 bits per heavy atom. The molecule has 2 unspecified atom stereocenters. The maximum atomic E-state index is 13.8. The molecule has 0 radical (unpaired) electrons. The number of carbonyl (C=O) groups excluding carboxylic acids is 1. The Balaban J connectivity index is 1.79. The number of carbonyl (C=O) groups is 1. The summed E-state index contributed by atoms with van der Waals surface area (Å²) in [7, 11) is 0. The minimum absolute atomic E-state index is 0.456. The standard InChI is InChI=1S/C21H16Cl2N4O/c22-20(17(7-3-11-26-20)15-5-1-9-24-13-15)19(28)21(23)18(8-4-12-27-21)16-6-2-10-25-14-16/h1-14,26-27H. The van der Waals surface area contributed by atoms with Crippen molar-refractivity contribution in [2.45, 2.75) is 10.00 Å². The van der Waals surface area contributed by atoms with Crippen LogP contribution < -0.4 is 10.6 Å². The van der Waals surface area contributed by atoms with Gasteiger partial charge in [-0.2, -0.15) is 0 Å². The van der Waals surface area contributed by atoms with E-state index in [1.807, 2.05) is 12.1 Å². The van der Waals surface area contributed by atoms with Gasteiger partial charge < -0.3 is 10.6 Å². The summed E-state index contributed by atoms with van der Waals surface area (Å²) in [4.78, 5) is 18.9. The van der Waals surface area contributed by atoms with Gasteiger partial charge in [-0.3, -0.25) is 14.8 Å². The molecular formula is C21H16Cl2N4O.